The maximum atomic E-state index is 12.4. The summed E-state index contributed by atoms with van der Waals surface area (Å²) in [5, 5.41) is 3.44. The number of amides is 1. The number of nitrogens with zero attached hydrogens (tertiary/aromatic N) is 3. The number of hydrogen-bond donors (Lipinski definition) is 0. The second-order valence-electron chi connectivity index (χ2n) is 4.98. The molecule has 3 rings (SSSR count). The number of likely N-dealkylation sites (N-methyl/N-ethyl adjacent to an activating group) is 1. The quantitative estimate of drug-likeness (QED) is 0.738. The van der Waals surface area contributed by atoms with E-state index in [-0.39, 0.29) is 24.1 Å². The van der Waals surface area contributed by atoms with Gasteiger partial charge in [-0.05, 0) is 19.1 Å². The van der Waals surface area contributed by atoms with E-state index in [4.69, 9.17) is 0 Å². The van der Waals surface area contributed by atoms with Crippen LogP contribution < -0.4 is 5.56 Å². The summed E-state index contributed by atoms with van der Waals surface area (Å²) in [4.78, 5) is 30.6. The SMILES string of the molecule is C[C@@H](c1nccs1)N(C)C(=O)Cn1sc2ccccc2c1=O. The van der Waals surface area contributed by atoms with Crippen LogP contribution in [-0.4, -0.2) is 26.8 Å². The monoisotopic (exact) mass is 333 g/mol. The molecule has 114 valence electrons. The van der Waals surface area contributed by atoms with Crippen LogP contribution in [0.4, 0.5) is 0 Å². The minimum Gasteiger partial charge on any atom is -0.335 e. The lowest BCUT2D eigenvalue weighted by Gasteiger charge is -2.23. The Morgan fingerprint density at radius 2 is 2.18 bits per heavy atom. The summed E-state index contributed by atoms with van der Waals surface area (Å²) < 4.78 is 2.41. The van der Waals surface area contributed by atoms with Crippen LogP contribution in [0.2, 0.25) is 0 Å². The highest BCUT2D eigenvalue weighted by Crippen LogP contribution is 2.21. The molecule has 0 fully saturated rings. The van der Waals surface area contributed by atoms with Gasteiger partial charge in [0.25, 0.3) is 5.56 Å². The second kappa shape index (κ2) is 6.02. The van der Waals surface area contributed by atoms with Gasteiger partial charge in [-0.25, -0.2) is 4.98 Å². The normalized spacial score (nSPS) is 12.5. The van der Waals surface area contributed by atoms with Crippen molar-refractivity contribution in [2.45, 2.75) is 19.5 Å². The summed E-state index contributed by atoms with van der Waals surface area (Å²) in [6, 6.07) is 7.31. The Morgan fingerprint density at radius 1 is 1.41 bits per heavy atom. The fourth-order valence-corrected chi connectivity index (χ4v) is 3.90. The molecule has 5 nitrogen and oxygen atoms in total. The molecule has 7 heteroatoms. The van der Waals surface area contributed by atoms with Crippen LogP contribution in [0, 0.1) is 0 Å². The molecule has 22 heavy (non-hydrogen) atoms. The Balaban J connectivity index is 1.81. The molecule has 3 aromatic rings. The standard InChI is InChI=1S/C15H15N3O2S2/c1-10(14-16-7-8-21-14)17(2)13(19)9-18-15(20)11-5-3-4-6-12(11)22-18/h3-8,10H,9H2,1-2H3/t10-/m0/s1. The van der Waals surface area contributed by atoms with E-state index in [1.807, 2.05) is 30.5 Å². The molecule has 0 aliphatic rings. The lowest BCUT2D eigenvalue weighted by molar-refractivity contribution is -0.132. The van der Waals surface area contributed by atoms with Crippen molar-refractivity contribution in [3.63, 3.8) is 0 Å². The number of benzene rings is 1. The lowest BCUT2D eigenvalue weighted by atomic mass is 10.3. The molecular weight excluding hydrogens is 318 g/mol. The number of carbonyl (C=O) groups excluding carboxylic acids is 1. The first kappa shape index (κ1) is 14.9. The smallest absolute Gasteiger partial charge is 0.268 e. The molecule has 1 amide bonds. The van der Waals surface area contributed by atoms with Crippen molar-refractivity contribution < 1.29 is 4.79 Å². The molecule has 0 bridgehead atoms. The molecule has 0 aliphatic carbocycles. The van der Waals surface area contributed by atoms with Crippen molar-refractivity contribution in [3.8, 4) is 0 Å². The number of thiazole rings is 1. The van der Waals surface area contributed by atoms with E-state index in [1.165, 1.54) is 26.8 Å². The zero-order valence-electron chi connectivity index (χ0n) is 12.2. The van der Waals surface area contributed by atoms with E-state index in [2.05, 4.69) is 4.98 Å². The van der Waals surface area contributed by atoms with Crippen LogP contribution in [-0.2, 0) is 11.3 Å². The van der Waals surface area contributed by atoms with Crippen LogP contribution in [0.15, 0.2) is 40.6 Å². The summed E-state index contributed by atoms with van der Waals surface area (Å²) in [5.41, 5.74) is -0.107. The number of carbonyl (C=O) groups is 1. The van der Waals surface area contributed by atoms with Gasteiger partial charge in [0.1, 0.15) is 11.6 Å². The van der Waals surface area contributed by atoms with Gasteiger partial charge in [-0.3, -0.25) is 13.5 Å². The first-order chi connectivity index (χ1) is 10.6. The van der Waals surface area contributed by atoms with Gasteiger partial charge in [0.2, 0.25) is 5.91 Å². The van der Waals surface area contributed by atoms with Crippen molar-refractivity contribution in [3.05, 3.63) is 51.2 Å². The highest BCUT2D eigenvalue weighted by atomic mass is 32.1. The predicted molar refractivity (Wildman–Crippen MR) is 89.4 cm³/mol. The molecule has 0 saturated carbocycles. The minimum absolute atomic E-state index is 0.0599. The zero-order valence-corrected chi connectivity index (χ0v) is 13.9. The van der Waals surface area contributed by atoms with Gasteiger partial charge in [-0.1, -0.05) is 23.7 Å². The number of hydrogen-bond acceptors (Lipinski definition) is 5. The molecule has 2 heterocycles. The second-order valence-corrected chi connectivity index (χ2v) is 6.97. The number of aromatic nitrogens is 2. The fourth-order valence-electron chi connectivity index (χ4n) is 2.18. The highest BCUT2D eigenvalue weighted by Gasteiger charge is 2.20. The predicted octanol–water partition coefficient (Wildman–Crippen LogP) is 2.74. The van der Waals surface area contributed by atoms with Gasteiger partial charge in [0.05, 0.1) is 16.1 Å². The molecular formula is C15H15N3O2S2. The van der Waals surface area contributed by atoms with E-state index in [0.717, 1.165) is 9.71 Å². The molecule has 1 aromatic carbocycles. The third-order valence-corrected chi connectivity index (χ3v) is 5.63. The van der Waals surface area contributed by atoms with Crippen LogP contribution in [0.5, 0.6) is 0 Å². The third kappa shape index (κ3) is 2.69. The minimum atomic E-state index is -0.107. The van der Waals surface area contributed by atoms with Gasteiger partial charge in [0.15, 0.2) is 0 Å². The third-order valence-electron chi connectivity index (χ3n) is 3.61. The first-order valence-electron chi connectivity index (χ1n) is 6.82. The van der Waals surface area contributed by atoms with Gasteiger partial charge in [0, 0.05) is 18.6 Å². The summed E-state index contributed by atoms with van der Waals surface area (Å²) in [7, 11) is 1.74. The van der Waals surface area contributed by atoms with Crippen LogP contribution >= 0.6 is 22.9 Å². The Kier molecular flexibility index (Phi) is 4.08. The van der Waals surface area contributed by atoms with Gasteiger partial charge >= 0.3 is 0 Å². The fraction of sp³-hybridized carbons (Fsp3) is 0.267. The molecule has 1 atom stereocenters. The Morgan fingerprint density at radius 3 is 2.86 bits per heavy atom. The highest BCUT2D eigenvalue weighted by molar-refractivity contribution is 7.13. The molecule has 0 radical (unpaired) electrons. The van der Waals surface area contributed by atoms with Crippen LogP contribution in [0.1, 0.15) is 18.0 Å². The van der Waals surface area contributed by atoms with E-state index >= 15 is 0 Å². The number of fused-ring (bicyclic) bond motifs is 1. The van der Waals surface area contributed by atoms with E-state index in [0.29, 0.717) is 5.39 Å². The Labute approximate surface area is 135 Å². The van der Waals surface area contributed by atoms with Gasteiger partial charge < -0.3 is 4.90 Å². The molecule has 0 aliphatic heterocycles. The maximum absolute atomic E-state index is 12.4. The average molecular weight is 333 g/mol. The van der Waals surface area contributed by atoms with Gasteiger partial charge in [-0.15, -0.1) is 11.3 Å². The first-order valence-corrected chi connectivity index (χ1v) is 8.47. The Bertz CT molecular complexity index is 851. The summed E-state index contributed by atoms with van der Waals surface area (Å²) >= 11 is 2.84. The summed E-state index contributed by atoms with van der Waals surface area (Å²) in [5.74, 6) is -0.101. The topological polar surface area (TPSA) is 55.2 Å². The Hall–Kier alpha value is -1.99. The van der Waals surface area contributed by atoms with Crippen molar-refractivity contribution in [2.24, 2.45) is 0 Å². The van der Waals surface area contributed by atoms with Crippen molar-refractivity contribution in [1.82, 2.24) is 13.8 Å². The summed E-state index contributed by atoms with van der Waals surface area (Å²) in [6.45, 7) is 1.99. The van der Waals surface area contributed by atoms with Gasteiger partial charge in [-0.2, -0.15) is 0 Å². The van der Waals surface area contributed by atoms with Crippen LogP contribution in [0.25, 0.3) is 10.1 Å². The van der Waals surface area contributed by atoms with E-state index in [9.17, 15) is 9.59 Å². The van der Waals surface area contributed by atoms with E-state index < -0.39 is 0 Å². The molecule has 2 aromatic heterocycles. The van der Waals surface area contributed by atoms with Crippen molar-refractivity contribution in [1.29, 1.82) is 0 Å². The van der Waals surface area contributed by atoms with E-state index in [1.54, 1.807) is 24.2 Å². The maximum Gasteiger partial charge on any atom is 0.268 e. The molecule has 0 saturated heterocycles. The number of rotatable bonds is 4. The zero-order chi connectivity index (χ0) is 15.7. The van der Waals surface area contributed by atoms with Crippen LogP contribution in [0.3, 0.4) is 0 Å². The lowest BCUT2D eigenvalue weighted by Crippen LogP contribution is -2.34. The van der Waals surface area contributed by atoms with Crippen molar-refractivity contribution in [2.75, 3.05) is 7.05 Å². The molecule has 0 N–H and O–H groups in total. The van der Waals surface area contributed by atoms with Crippen molar-refractivity contribution >= 4 is 38.9 Å². The summed E-state index contributed by atoms with van der Waals surface area (Å²) in [6.07, 6.45) is 1.73. The molecule has 0 spiro atoms. The average Bonchev–Trinajstić information content (AvgIpc) is 3.15. The largest absolute Gasteiger partial charge is 0.335 e. The molecule has 0 unspecified atom stereocenters.